The zero-order valence-corrected chi connectivity index (χ0v) is 10.9. The van der Waals surface area contributed by atoms with Gasteiger partial charge in [0.2, 0.25) is 0 Å². The van der Waals surface area contributed by atoms with Crippen LogP contribution in [0.4, 0.5) is 0 Å². The summed E-state index contributed by atoms with van der Waals surface area (Å²) < 4.78 is 0. The first-order chi connectivity index (χ1) is 8.81. The average molecular weight is 246 g/mol. The molecule has 2 heterocycles. The van der Waals surface area contributed by atoms with E-state index in [4.69, 9.17) is 0 Å². The maximum atomic E-state index is 9.48. The van der Waals surface area contributed by atoms with E-state index < -0.39 is 0 Å². The van der Waals surface area contributed by atoms with Crippen LogP contribution in [0, 0.1) is 0 Å². The predicted molar refractivity (Wildman–Crippen MR) is 72.6 cm³/mol. The van der Waals surface area contributed by atoms with Gasteiger partial charge >= 0.3 is 0 Å². The van der Waals surface area contributed by atoms with Gasteiger partial charge < -0.3 is 5.11 Å². The van der Waals surface area contributed by atoms with Crippen LogP contribution >= 0.6 is 0 Å². The monoisotopic (exact) mass is 246 g/mol. The lowest BCUT2D eigenvalue weighted by molar-refractivity contribution is 0.230. The van der Waals surface area contributed by atoms with Crippen molar-refractivity contribution in [3.05, 3.63) is 29.8 Å². The first-order valence-corrected chi connectivity index (χ1v) is 7.05. The number of likely N-dealkylation sites (tertiary alicyclic amines) is 2. The van der Waals surface area contributed by atoms with Crippen LogP contribution in [0.5, 0.6) is 5.75 Å². The van der Waals surface area contributed by atoms with Gasteiger partial charge in [0.25, 0.3) is 0 Å². The van der Waals surface area contributed by atoms with Crippen molar-refractivity contribution in [3.63, 3.8) is 0 Å². The van der Waals surface area contributed by atoms with Gasteiger partial charge in [0.15, 0.2) is 0 Å². The maximum absolute atomic E-state index is 9.48. The molecule has 3 nitrogen and oxygen atoms in total. The standard InChI is InChI=1S/C15H22N2O/c18-15-5-3-4-13(10-15)11-16-9-6-14(12-16)17-7-1-2-8-17/h3-5,10,14,18H,1-2,6-9,11-12H2. The molecule has 2 aliphatic rings. The highest BCUT2D eigenvalue weighted by Gasteiger charge is 2.28. The topological polar surface area (TPSA) is 26.7 Å². The summed E-state index contributed by atoms with van der Waals surface area (Å²) in [6.45, 7) is 5.94. The number of rotatable bonds is 3. The van der Waals surface area contributed by atoms with Crippen molar-refractivity contribution in [2.75, 3.05) is 26.2 Å². The summed E-state index contributed by atoms with van der Waals surface area (Å²) >= 11 is 0. The number of nitrogens with zero attached hydrogens (tertiary/aromatic N) is 2. The van der Waals surface area contributed by atoms with E-state index in [1.54, 1.807) is 6.07 Å². The Morgan fingerprint density at radius 1 is 1.17 bits per heavy atom. The Bertz CT molecular complexity index is 401. The average Bonchev–Trinajstić information content (AvgIpc) is 2.98. The summed E-state index contributed by atoms with van der Waals surface area (Å²) in [5.41, 5.74) is 1.22. The van der Waals surface area contributed by atoms with Crippen LogP contribution in [0.3, 0.4) is 0 Å². The molecule has 1 N–H and O–H groups in total. The van der Waals surface area contributed by atoms with Crippen LogP contribution < -0.4 is 0 Å². The van der Waals surface area contributed by atoms with E-state index in [0.717, 1.165) is 12.6 Å². The number of phenolic OH excluding ortho intramolecular Hbond substituents is 1. The minimum atomic E-state index is 0.378. The van der Waals surface area contributed by atoms with E-state index >= 15 is 0 Å². The van der Waals surface area contributed by atoms with E-state index in [0.29, 0.717) is 5.75 Å². The minimum Gasteiger partial charge on any atom is -0.508 e. The summed E-state index contributed by atoms with van der Waals surface area (Å²) in [5.74, 6) is 0.378. The number of phenols is 1. The van der Waals surface area contributed by atoms with Crippen molar-refractivity contribution >= 4 is 0 Å². The number of benzene rings is 1. The predicted octanol–water partition coefficient (Wildman–Crippen LogP) is 2.06. The lowest BCUT2D eigenvalue weighted by atomic mass is 10.2. The van der Waals surface area contributed by atoms with Crippen LogP contribution in [0.25, 0.3) is 0 Å². The Morgan fingerprint density at radius 3 is 2.78 bits per heavy atom. The molecule has 0 bridgehead atoms. The Balaban J connectivity index is 1.55. The summed E-state index contributed by atoms with van der Waals surface area (Å²) in [5, 5.41) is 9.48. The zero-order valence-electron chi connectivity index (χ0n) is 10.9. The van der Waals surface area contributed by atoms with Gasteiger partial charge in [0.05, 0.1) is 0 Å². The Morgan fingerprint density at radius 2 is 2.00 bits per heavy atom. The Kier molecular flexibility index (Phi) is 3.52. The quantitative estimate of drug-likeness (QED) is 0.884. The summed E-state index contributed by atoms with van der Waals surface area (Å²) in [4.78, 5) is 5.17. The van der Waals surface area contributed by atoms with E-state index in [2.05, 4.69) is 15.9 Å². The molecular formula is C15H22N2O. The van der Waals surface area contributed by atoms with E-state index in [-0.39, 0.29) is 0 Å². The minimum absolute atomic E-state index is 0.378. The molecule has 3 rings (SSSR count). The second kappa shape index (κ2) is 5.29. The van der Waals surface area contributed by atoms with Gasteiger partial charge in [-0.05, 0) is 50.0 Å². The molecule has 18 heavy (non-hydrogen) atoms. The number of hydrogen-bond acceptors (Lipinski definition) is 3. The molecule has 0 spiro atoms. The van der Waals surface area contributed by atoms with Gasteiger partial charge in [0, 0.05) is 25.7 Å². The lowest BCUT2D eigenvalue weighted by Crippen LogP contribution is -2.35. The third-order valence-corrected chi connectivity index (χ3v) is 4.22. The van der Waals surface area contributed by atoms with Crippen LogP contribution in [0.2, 0.25) is 0 Å². The largest absolute Gasteiger partial charge is 0.508 e. The lowest BCUT2D eigenvalue weighted by Gasteiger charge is -2.23. The fourth-order valence-electron chi connectivity index (χ4n) is 3.27. The molecule has 2 saturated heterocycles. The van der Waals surface area contributed by atoms with Crippen LogP contribution in [-0.4, -0.2) is 47.1 Å². The smallest absolute Gasteiger partial charge is 0.115 e. The molecule has 0 saturated carbocycles. The second-order valence-electron chi connectivity index (χ2n) is 5.59. The molecule has 2 aliphatic heterocycles. The first-order valence-electron chi connectivity index (χ1n) is 7.05. The van der Waals surface area contributed by atoms with Crippen molar-refractivity contribution in [1.82, 2.24) is 9.80 Å². The molecule has 2 fully saturated rings. The van der Waals surface area contributed by atoms with Crippen molar-refractivity contribution in [2.45, 2.75) is 31.8 Å². The summed E-state index contributed by atoms with van der Waals surface area (Å²) in [7, 11) is 0. The number of hydrogen-bond donors (Lipinski definition) is 1. The maximum Gasteiger partial charge on any atom is 0.115 e. The van der Waals surface area contributed by atoms with Crippen molar-refractivity contribution in [1.29, 1.82) is 0 Å². The SMILES string of the molecule is Oc1cccc(CN2CCC(N3CCCC3)C2)c1. The van der Waals surface area contributed by atoms with Gasteiger partial charge in [-0.25, -0.2) is 0 Å². The molecule has 1 aromatic rings. The number of aromatic hydroxyl groups is 1. The molecule has 0 aromatic heterocycles. The highest BCUT2D eigenvalue weighted by molar-refractivity contribution is 5.27. The third kappa shape index (κ3) is 2.68. The first kappa shape index (κ1) is 12.0. The highest BCUT2D eigenvalue weighted by Crippen LogP contribution is 2.22. The van der Waals surface area contributed by atoms with Crippen LogP contribution in [0.1, 0.15) is 24.8 Å². The molecule has 0 aliphatic carbocycles. The van der Waals surface area contributed by atoms with Gasteiger partial charge in [0.1, 0.15) is 5.75 Å². The van der Waals surface area contributed by atoms with Crippen molar-refractivity contribution in [3.8, 4) is 5.75 Å². The second-order valence-corrected chi connectivity index (χ2v) is 5.59. The van der Waals surface area contributed by atoms with Crippen molar-refractivity contribution < 1.29 is 5.11 Å². The van der Waals surface area contributed by atoms with E-state index in [9.17, 15) is 5.11 Å². The van der Waals surface area contributed by atoms with E-state index in [1.165, 1.54) is 51.0 Å². The summed E-state index contributed by atoms with van der Waals surface area (Å²) in [6.07, 6.45) is 4.06. The fourth-order valence-corrected chi connectivity index (χ4v) is 3.27. The summed E-state index contributed by atoms with van der Waals surface area (Å²) in [6, 6.07) is 8.41. The van der Waals surface area contributed by atoms with Gasteiger partial charge in [-0.3, -0.25) is 9.80 Å². The zero-order chi connectivity index (χ0) is 12.4. The van der Waals surface area contributed by atoms with Crippen molar-refractivity contribution in [2.24, 2.45) is 0 Å². The molecule has 1 atom stereocenters. The van der Waals surface area contributed by atoms with Gasteiger partial charge in [-0.1, -0.05) is 12.1 Å². The van der Waals surface area contributed by atoms with E-state index in [1.807, 2.05) is 12.1 Å². The molecule has 98 valence electrons. The Hall–Kier alpha value is -1.06. The molecule has 3 heteroatoms. The normalized spacial score (nSPS) is 25.9. The van der Waals surface area contributed by atoms with Crippen LogP contribution in [-0.2, 0) is 6.54 Å². The molecule has 0 amide bonds. The molecule has 0 radical (unpaired) electrons. The highest BCUT2D eigenvalue weighted by atomic mass is 16.3. The Labute approximate surface area is 109 Å². The third-order valence-electron chi connectivity index (χ3n) is 4.22. The fraction of sp³-hybridized carbons (Fsp3) is 0.600. The molecule has 1 aromatic carbocycles. The molecule has 1 unspecified atom stereocenters. The van der Waals surface area contributed by atoms with Crippen LogP contribution in [0.15, 0.2) is 24.3 Å². The van der Waals surface area contributed by atoms with Gasteiger partial charge in [-0.15, -0.1) is 0 Å². The van der Waals surface area contributed by atoms with Gasteiger partial charge in [-0.2, -0.15) is 0 Å². The molecular weight excluding hydrogens is 224 g/mol.